The molecule has 6 heteroatoms. The average Bonchev–Trinajstić information content (AvgIpc) is 2.92. The van der Waals surface area contributed by atoms with Crippen LogP contribution in [0.3, 0.4) is 0 Å². The first kappa shape index (κ1) is 14.7. The van der Waals surface area contributed by atoms with Gasteiger partial charge >= 0.3 is 5.97 Å². The number of hydrogen-bond donors (Lipinski definition) is 1. The number of carboxylic acid groups (broad SMARTS) is 1. The Hall–Kier alpha value is -1.75. The molecule has 0 bridgehead atoms. The van der Waals surface area contributed by atoms with Crippen LogP contribution in [0.4, 0.5) is 5.69 Å². The minimum Gasteiger partial charge on any atom is -0.478 e. The van der Waals surface area contributed by atoms with Gasteiger partial charge in [0.05, 0.1) is 17.8 Å². The number of rotatable bonds is 4. The summed E-state index contributed by atoms with van der Waals surface area (Å²) in [7, 11) is 1.71. The van der Waals surface area contributed by atoms with E-state index in [0.29, 0.717) is 10.7 Å². The molecule has 20 heavy (non-hydrogen) atoms. The zero-order valence-corrected chi connectivity index (χ0v) is 12.1. The lowest BCUT2D eigenvalue weighted by atomic mass is 10.1. The smallest absolute Gasteiger partial charge is 0.337 e. The van der Waals surface area contributed by atoms with Gasteiger partial charge in [-0.05, 0) is 31.0 Å². The second kappa shape index (κ2) is 6.13. The Morgan fingerprint density at radius 1 is 1.35 bits per heavy atom. The maximum absolute atomic E-state index is 12.1. The monoisotopic (exact) mass is 296 g/mol. The molecule has 108 valence electrons. The van der Waals surface area contributed by atoms with Crippen LogP contribution in [0.2, 0.25) is 5.02 Å². The van der Waals surface area contributed by atoms with E-state index in [4.69, 9.17) is 11.6 Å². The second-order valence-electron chi connectivity index (χ2n) is 4.91. The molecule has 1 amide bonds. The molecule has 5 nitrogen and oxygen atoms in total. The third-order valence-corrected chi connectivity index (χ3v) is 3.67. The minimum absolute atomic E-state index is 0.0243. The van der Waals surface area contributed by atoms with Crippen molar-refractivity contribution in [3.05, 3.63) is 28.8 Å². The van der Waals surface area contributed by atoms with E-state index >= 15 is 0 Å². The maximum atomic E-state index is 12.1. The fourth-order valence-corrected chi connectivity index (χ4v) is 2.54. The highest BCUT2D eigenvalue weighted by Gasteiger charge is 2.21. The average molecular weight is 297 g/mol. The molecule has 0 unspecified atom stereocenters. The van der Waals surface area contributed by atoms with Gasteiger partial charge in [0, 0.05) is 25.2 Å². The quantitative estimate of drug-likeness (QED) is 0.924. The molecule has 0 radical (unpaired) electrons. The summed E-state index contributed by atoms with van der Waals surface area (Å²) in [6.07, 6.45) is 2.08. The van der Waals surface area contributed by atoms with E-state index in [2.05, 4.69) is 0 Å². The molecular formula is C14H17ClN2O3. The van der Waals surface area contributed by atoms with Crippen LogP contribution in [0.25, 0.3) is 0 Å². The van der Waals surface area contributed by atoms with Crippen LogP contribution in [0.5, 0.6) is 0 Å². The van der Waals surface area contributed by atoms with Gasteiger partial charge in [0.2, 0.25) is 5.91 Å². The molecule has 1 aliphatic rings. The number of carboxylic acids is 1. The Balaban J connectivity index is 2.14. The van der Waals surface area contributed by atoms with Gasteiger partial charge in [-0.2, -0.15) is 0 Å². The minimum atomic E-state index is -1.05. The standard InChI is InChI=1S/C14H17ClN2O3/c1-16(9-13(18)17-6-2-3-7-17)12-5-4-10(15)8-11(12)14(19)20/h4-5,8H,2-3,6-7,9H2,1H3,(H,19,20). The van der Waals surface area contributed by atoms with E-state index in [1.165, 1.54) is 6.07 Å². The van der Waals surface area contributed by atoms with Crippen molar-refractivity contribution >= 4 is 29.2 Å². The van der Waals surface area contributed by atoms with Gasteiger partial charge in [0.25, 0.3) is 0 Å². The molecule has 0 aromatic heterocycles. The predicted octanol–water partition coefficient (Wildman–Crippen LogP) is 2.10. The summed E-state index contributed by atoms with van der Waals surface area (Å²) in [4.78, 5) is 26.8. The number of likely N-dealkylation sites (tertiary alicyclic amines) is 1. The van der Waals surface area contributed by atoms with Crippen LogP contribution >= 0.6 is 11.6 Å². The van der Waals surface area contributed by atoms with Crippen molar-refractivity contribution in [3.8, 4) is 0 Å². The number of halogens is 1. The Labute approximate surface area is 122 Å². The molecule has 1 aliphatic heterocycles. The van der Waals surface area contributed by atoms with Crippen LogP contribution in [0.15, 0.2) is 18.2 Å². The van der Waals surface area contributed by atoms with E-state index < -0.39 is 5.97 Å². The summed E-state index contributed by atoms with van der Waals surface area (Å²) in [5.74, 6) is -1.03. The molecule has 1 N–H and O–H groups in total. The lowest BCUT2D eigenvalue weighted by Crippen LogP contribution is -2.37. The molecule has 1 heterocycles. The highest BCUT2D eigenvalue weighted by molar-refractivity contribution is 6.31. The summed E-state index contributed by atoms with van der Waals surface area (Å²) < 4.78 is 0. The SMILES string of the molecule is CN(CC(=O)N1CCCC1)c1ccc(Cl)cc1C(=O)O. The third-order valence-electron chi connectivity index (χ3n) is 3.43. The van der Waals surface area contributed by atoms with Gasteiger partial charge in [-0.3, -0.25) is 4.79 Å². The first-order chi connectivity index (χ1) is 9.49. The number of carbonyl (C=O) groups excluding carboxylic acids is 1. The molecule has 1 saturated heterocycles. The van der Waals surface area contributed by atoms with Gasteiger partial charge in [-0.15, -0.1) is 0 Å². The number of benzene rings is 1. The van der Waals surface area contributed by atoms with Gasteiger partial charge in [-0.1, -0.05) is 11.6 Å². The molecule has 0 aliphatic carbocycles. The first-order valence-electron chi connectivity index (χ1n) is 6.51. The third kappa shape index (κ3) is 3.22. The van der Waals surface area contributed by atoms with E-state index in [-0.39, 0.29) is 18.0 Å². The molecule has 2 rings (SSSR count). The zero-order chi connectivity index (χ0) is 14.7. The van der Waals surface area contributed by atoms with Crippen molar-refractivity contribution in [1.29, 1.82) is 0 Å². The summed E-state index contributed by atoms with van der Waals surface area (Å²) in [5, 5.41) is 9.57. The van der Waals surface area contributed by atoms with Crippen molar-refractivity contribution in [2.75, 3.05) is 31.6 Å². The number of hydrogen-bond acceptors (Lipinski definition) is 3. The van der Waals surface area contributed by atoms with Crippen molar-refractivity contribution in [2.24, 2.45) is 0 Å². The fraction of sp³-hybridized carbons (Fsp3) is 0.429. The summed E-state index contributed by atoms with van der Waals surface area (Å²) >= 11 is 5.82. The molecule has 1 aromatic rings. The second-order valence-corrected chi connectivity index (χ2v) is 5.35. The Morgan fingerprint density at radius 2 is 2.00 bits per heavy atom. The van der Waals surface area contributed by atoms with Crippen LogP contribution < -0.4 is 4.90 Å². The van der Waals surface area contributed by atoms with E-state index in [0.717, 1.165) is 25.9 Å². The number of aromatic carboxylic acids is 1. The van der Waals surface area contributed by atoms with Crippen molar-refractivity contribution in [2.45, 2.75) is 12.8 Å². The van der Waals surface area contributed by atoms with Crippen LogP contribution in [-0.2, 0) is 4.79 Å². The van der Waals surface area contributed by atoms with E-state index in [9.17, 15) is 14.7 Å². The normalized spacial score (nSPS) is 14.4. The highest BCUT2D eigenvalue weighted by Crippen LogP contribution is 2.24. The Kier molecular flexibility index (Phi) is 4.49. The lowest BCUT2D eigenvalue weighted by Gasteiger charge is -2.24. The Morgan fingerprint density at radius 3 is 2.60 bits per heavy atom. The van der Waals surface area contributed by atoms with Gasteiger partial charge in [0.15, 0.2) is 0 Å². The summed E-state index contributed by atoms with van der Waals surface area (Å²) in [5.41, 5.74) is 0.601. The number of likely N-dealkylation sites (N-methyl/N-ethyl adjacent to an activating group) is 1. The molecular weight excluding hydrogens is 280 g/mol. The molecule has 1 aromatic carbocycles. The molecule has 0 atom stereocenters. The predicted molar refractivity (Wildman–Crippen MR) is 77.5 cm³/mol. The summed E-state index contributed by atoms with van der Waals surface area (Å²) in [6.45, 7) is 1.75. The maximum Gasteiger partial charge on any atom is 0.337 e. The van der Waals surface area contributed by atoms with Gasteiger partial charge < -0.3 is 14.9 Å². The summed E-state index contributed by atoms with van der Waals surface area (Å²) in [6, 6.07) is 4.65. The molecule has 1 fully saturated rings. The van der Waals surface area contributed by atoms with Crippen LogP contribution in [0.1, 0.15) is 23.2 Å². The number of nitrogens with zero attached hydrogens (tertiary/aromatic N) is 2. The van der Waals surface area contributed by atoms with Crippen LogP contribution in [-0.4, -0.2) is 48.6 Å². The van der Waals surface area contributed by atoms with E-state index in [1.807, 2.05) is 4.90 Å². The molecule has 0 saturated carbocycles. The van der Waals surface area contributed by atoms with Gasteiger partial charge in [0.1, 0.15) is 0 Å². The van der Waals surface area contributed by atoms with Crippen molar-refractivity contribution in [1.82, 2.24) is 4.90 Å². The number of carbonyl (C=O) groups is 2. The topological polar surface area (TPSA) is 60.9 Å². The highest BCUT2D eigenvalue weighted by atomic mass is 35.5. The zero-order valence-electron chi connectivity index (χ0n) is 11.3. The molecule has 0 spiro atoms. The van der Waals surface area contributed by atoms with Crippen LogP contribution in [0, 0.1) is 0 Å². The largest absolute Gasteiger partial charge is 0.478 e. The number of anilines is 1. The lowest BCUT2D eigenvalue weighted by molar-refractivity contribution is -0.128. The Bertz CT molecular complexity index is 527. The fourth-order valence-electron chi connectivity index (χ4n) is 2.37. The van der Waals surface area contributed by atoms with Crippen molar-refractivity contribution in [3.63, 3.8) is 0 Å². The number of amides is 1. The van der Waals surface area contributed by atoms with Crippen molar-refractivity contribution < 1.29 is 14.7 Å². The first-order valence-corrected chi connectivity index (χ1v) is 6.88. The van der Waals surface area contributed by atoms with Gasteiger partial charge in [-0.25, -0.2) is 4.79 Å². The van der Waals surface area contributed by atoms with E-state index in [1.54, 1.807) is 24.1 Å².